The summed E-state index contributed by atoms with van der Waals surface area (Å²) in [6.45, 7) is 1.83. The highest BCUT2D eigenvalue weighted by atomic mass is 16.6. The average molecular weight is 346 g/mol. The number of hydrogen-bond acceptors (Lipinski definition) is 6. The van der Waals surface area contributed by atoms with Crippen LogP contribution in [0.15, 0.2) is 48.5 Å². The molecule has 0 bridgehead atoms. The fourth-order valence-electron chi connectivity index (χ4n) is 3.17. The maximum absolute atomic E-state index is 10.9. The molecule has 0 saturated carbocycles. The number of aromatic nitrogens is 3. The Labute approximate surface area is 149 Å². The first-order valence-electron chi connectivity index (χ1n) is 8.08. The van der Waals surface area contributed by atoms with Crippen LogP contribution in [0.25, 0.3) is 11.4 Å². The van der Waals surface area contributed by atoms with Crippen molar-refractivity contribution in [1.82, 2.24) is 14.8 Å². The van der Waals surface area contributed by atoms with Crippen LogP contribution in [0.4, 0.5) is 11.4 Å². The van der Waals surface area contributed by atoms with Gasteiger partial charge in [-0.2, -0.15) is 5.26 Å². The first-order chi connectivity index (χ1) is 12.7. The number of anilines is 1. The second kappa shape index (κ2) is 6.29. The van der Waals surface area contributed by atoms with Crippen LogP contribution < -0.4 is 4.90 Å². The molecule has 0 saturated heterocycles. The van der Waals surface area contributed by atoms with E-state index in [0.29, 0.717) is 25.3 Å². The first kappa shape index (κ1) is 15.8. The maximum atomic E-state index is 10.9. The van der Waals surface area contributed by atoms with Gasteiger partial charge in [-0.1, -0.05) is 30.3 Å². The standard InChI is InChI=1S/C18H14N6O2/c19-11-14-10-15(24(25)26)6-7-16(14)22-8-9-23-17(12-22)20-21-18(23)13-4-2-1-3-5-13/h1-7,10H,8-9,12H2. The summed E-state index contributed by atoms with van der Waals surface area (Å²) in [6, 6.07) is 16.3. The Morgan fingerprint density at radius 3 is 2.65 bits per heavy atom. The zero-order chi connectivity index (χ0) is 18.1. The van der Waals surface area contributed by atoms with Crippen molar-refractivity contribution in [2.24, 2.45) is 0 Å². The van der Waals surface area contributed by atoms with Gasteiger partial charge in [0.05, 0.1) is 22.7 Å². The number of non-ortho nitro benzene ring substituents is 1. The molecule has 0 unspecified atom stereocenters. The molecule has 2 heterocycles. The van der Waals surface area contributed by atoms with E-state index in [4.69, 9.17) is 0 Å². The Hall–Kier alpha value is -3.73. The molecule has 3 aromatic rings. The van der Waals surface area contributed by atoms with Gasteiger partial charge in [0.15, 0.2) is 11.6 Å². The van der Waals surface area contributed by atoms with Crippen molar-refractivity contribution in [2.45, 2.75) is 13.1 Å². The second-order valence-electron chi connectivity index (χ2n) is 5.95. The van der Waals surface area contributed by atoms with Gasteiger partial charge >= 0.3 is 0 Å². The fourth-order valence-corrected chi connectivity index (χ4v) is 3.17. The third-order valence-corrected chi connectivity index (χ3v) is 4.44. The van der Waals surface area contributed by atoms with Crippen molar-refractivity contribution in [3.05, 3.63) is 70.0 Å². The van der Waals surface area contributed by atoms with Gasteiger partial charge in [-0.25, -0.2) is 0 Å². The van der Waals surface area contributed by atoms with E-state index in [1.165, 1.54) is 12.1 Å². The molecule has 1 aromatic heterocycles. The van der Waals surface area contributed by atoms with E-state index in [9.17, 15) is 15.4 Å². The lowest BCUT2D eigenvalue weighted by Gasteiger charge is -2.30. The lowest BCUT2D eigenvalue weighted by Crippen LogP contribution is -2.34. The van der Waals surface area contributed by atoms with E-state index < -0.39 is 4.92 Å². The van der Waals surface area contributed by atoms with Crippen LogP contribution in [-0.4, -0.2) is 26.2 Å². The third kappa shape index (κ3) is 2.65. The van der Waals surface area contributed by atoms with Crippen LogP contribution in [0.1, 0.15) is 11.4 Å². The number of benzene rings is 2. The van der Waals surface area contributed by atoms with Gasteiger partial charge in [-0.05, 0) is 6.07 Å². The Morgan fingerprint density at radius 1 is 1.12 bits per heavy atom. The van der Waals surface area contributed by atoms with Crippen LogP contribution in [0.2, 0.25) is 0 Å². The summed E-state index contributed by atoms with van der Waals surface area (Å²) in [5, 5.41) is 28.9. The van der Waals surface area contributed by atoms with E-state index in [1.54, 1.807) is 6.07 Å². The monoisotopic (exact) mass is 346 g/mol. The van der Waals surface area contributed by atoms with Crippen molar-refractivity contribution < 1.29 is 4.92 Å². The van der Waals surface area contributed by atoms with Crippen LogP contribution in [-0.2, 0) is 13.1 Å². The van der Waals surface area contributed by atoms with E-state index in [-0.39, 0.29) is 11.3 Å². The SMILES string of the molecule is N#Cc1cc([N+](=O)[O-])ccc1N1CCn2c(nnc2-c2ccccc2)C1. The van der Waals surface area contributed by atoms with E-state index in [1.807, 2.05) is 35.2 Å². The van der Waals surface area contributed by atoms with E-state index in [2.05, 4.69) is 20.8 Å². The lowest BCUT2D eigenvalue weighted by molar-refractivity contribution is -0.384. The molecule has 1 aliphatic rings. The van der Waals surface area contributed by atoms with Gasteiger partial charge < -0.3 is 9.47 Å². The summed E-state index contributed by atoms with van der Waals surface area (Å²) in [4.78, 5) is 12.4. The zero-order valence-electron chi connectivity index (χ0n) is 13.7. The Balaban J connectivity index is 1.65. The smallest absolute Gasteiger partial charge is 0.270 e. The van der Waals surface area contributed by atoms with E-state index >= 15 is 0 Å². The molecule has 2 aromatic carbocycles. The summed E-state index contributed by atoms with van der Waals surface area (Å²) in [5.41, 5.74) is 1.88. The van der Waals surface area contributed by atoms with Gasteiger partial charge in [0, 0.05) is 30.8 Å². The molecular formula is C18H14N6O2. The minimum atomic E-state index is -0.496. The van der Waals surface area contributed by atoms with E-state index in [0.717, 1.165) is 17.2 Å². The summed E-state index contributed by atoms with van der Waals surface area (Å²) < 4.78 is 2.07. The quantitative estimate of drug-likeness (QED) is 0.534. The summed E-state index contributed by atoms with van der Waals surface area (Å²) in [5.74, 6) is 1.63. The Morgan fingerprint density at radius 2 is 1.92 bits per heavy atom. The molecule has 8 nitrogen and oxygen atoms in total. The number of nitro groups is 1. The Bertz CT molecular complexity index is 1020. The second-order valence-corrected chi connectivity index (χ2v) is 5.95. The molecular weight excluding hydrogens is 332 g/mol. The molecule has 0 amide bonds. The summed E-state index contributed by atoms with van der Waals surface area (Å²) >= 11 is 0. The van der Waals surface area contributed by atoms with Crippen LogP contribution >= 0.6 is 0 Å². The number of nitro benzene ring substituents is 1. The molecule has 4 rings (SSSR count). The molecule has 0 radical (unpaired) electrons. The fraction of sp³-hybridized carbons (Fsp3) is 0.167. The normalized spacial score (nSPS) is 13.1. The molecule has 0 spiro atoms. The summed E-state index contributed by atoms with van der Waals surface area (Å²) in [6.07, 6.45) is 0. The highest BCUT2D eigenvalue weighted by molar-refractivity contribution is 5.63. The molecule has 1 aliphatic heterocycles. The van der Waals surface area contributed by atoms with Crippen molar-refractivity contribution >= 4 is 11.4 Å². The molecule has 0 fully saturated rings. The van der Waals surface area contributed by atoms with Crippen LogP contribution in [0.3, 0.4) is 0 Å². The van der Waals surface area contributed by atoms with Crippen molar-refractivity contribution in [3.8, 4) is 17.5 Å². The number of hydrogen-bond donors (Lipinski definition) is 0. The average Bonchev–Trinajstić information content (AvgIpc) is 3.11. The number of rotatable bonds is 3. The predicted molar refractivity (Wildman–Crippen MR) is 94.3 cm³/mol. The lowest BCUT2D eigenvalue weighted by atomic mass is 10.1. The topological polar surface area (TPSA) is 101 Å². The molecule has 0 N–H and O–H groups in total. The Kier molecular flexibility index (Phi) is 3.82. The van der Waals surface area contributed by atoms with Crippen molar-refractivity contribution in [1.29, 1.82) is 5.26 Å². The van der Waals surface area contributed by atoms with Gasteiger partial charge in [0.2, 0.25) is 0 Å². The van der Waals surface area contributed by atoms with Gasteiger partial charge in [-0.3, -0.25) is 10.1 Å². The minimum absolute atomic E-state index is 0.0863. The van der Waals surface area contributed by atoms with Crippen LogP contribution in [0, 0.1) is 21.4 Å². The molecule has 0 aliphatic carbocycles. The largest absolute Gasteiger partial charge is 0.361 e. The minimum Gasteiger partial charge on any atom is -0.361 e. The van der Waals surface area contributed by atoms with Crippen LogP contribution in [0.5, 0.6) is 0 Å². The van der Waals surface area contributed by atoms with Crippen molar-refractivity contribution in [3.63, 3.8) is 0 Å². The first-order valence-corrected chi connectivity index (χ1v) is 8.08. The molecule has 0 atom stereocenters. The number of fused-ring (bicyclic) bond motifs is 1. The van der Waals surface area contributed by atoms with Crippen molar-refractivity contribution in [2.75, 3.05) is 11.4 Å². The molecule has 128 valence electrons. The highest BCUT2D eigenvalue weighted by Gasteiger charge is 2.24. The zero-order valence-corrected chi connectivity index (χ0v) is 13.7. The maximum Gasteiger partial charge on any atom is 0.270 e. The number of nitriles is 1. The predicted octanol–water partition coefficient (Wildman–Crippen LogP) is 2.75. The van der Waals surface area contributed by atoms with Gasteiger partial charge in [0.25, 0.3) is 5.69 Å². The van der Waals surface area contributed by atoms with Gasteiger partial charge in [-0.15, -0.1) is 10.2 Å². The summed E-state index contributed by atoms with van der Waals surface area (Å²) in [7, 11) is 0. The third-order valence-electron chi connectivity index (χ3n) is 4.44. The number of nitrogens with zero attached hydrogens (tertiary/aromatic N) is 6. The molecule has 8 heteroatoms. The highest BCUT2D eigenvalue weighted by Crippen LogP contribution is 2.29. The molecule has 26 heavy (non-hydrogen) atoms. The van der Waals surface area contributed by atoms with Gasteiger partial charge in [0.1, 0.15) is 6.07 Å².